The molecule has 0 radical (unpaired) electrons. The molecule has 2 saturated heterocycles. The third-order valence-corrected chi connectivity index (χ3v) is 8.45. The zero-order valence-corrected chi connectivity index (χ0v) is 20.3. The van der Waals surface area contributed by atoms with Crippen molar-refractivity contribution in [2.45, 2.75) is 48.6 Å². The van der Waals surface area contributed by atoms with Crippen LogP contribution in [0.4, 0.5) is 4.79 Å². The van der Waals surface area contributed by atoms with Crippen LogP contribution >= 0.6 is 0 Å². The van der Waals surface area contributed by atoms with Crippen molar-refractivity contribution in [1.82, 2.24) is 16.0 Å². The summed E-state index contributed by atoms with van der Waals surface area (Å²) in [5, 5.41) is 8.43. The molecular formula is C30H29N3O3. The second-order valence-electron chi connectivity index (χ2n) is 10.6. The van der Waals surface area contributed by atoms with Gasteiger partial charge in [-0.3, -0.25) is 25.5 Å². The lowest BCUT2D eigenvalue weighted by molar-refractivity contribution is -0.141. The first-order valence-corrected chi connectivity index (χ1v) is 12.5. The van der Waals surface area contributed by atoms with Crippen molar-refractivity contribution in [3.8, 4) is 0 Å². The maximum Gasteiger partial charge on any atom is 0.328 e. The van der Waals surface area contributed by atoms with Crippen molar-refractivity contribution in [1.29, 1.82) is 0 Å². The van der Waals surface area contributed by atoms with Crippen LogP contribution in [-0.2, 0) is 20.4 Å². The summed E-state index contributed by atoms with van der Waals surface area (Å²) in [6.07, 6.45) is 0.753. The highest BCUT2D eigenvalue weighted by molar-refractivity contribution is 6.25. The average Bonchev–Trinajstić information content (AvgIpc) is 3.45. The Balaban J connectivity index is 1.75. The van der Waals surface area contributed by atoms with E-state index in [0.717, 1.165) is 23.1 Å². The van der Waals surface area contributed by atoms with Gasteiger partial charge in [0.25, 0.3) is 11.8 Å². The molecule has 0 bridgehead atoms. The summed E-state index contributed by atoms with van der Waals surface area (Å²) in [4.78, 5) is 40.2. The van der Waals surface area contributed by atoms with Gasteiger partial charge in [0.05, 0.1) is 5.41 Å². The molecule has 1 saturated carbocycles. The highest BCUT2D eigenvalue weighted by Crippen LogP contribution is 2.83. The minimum atomic E-state index is -1.67. The standard InChI is InChI=1S/C30H29N3O3/c1-19(2)18-23-28(21-14-8-4-9-15-21)24(20-12-6-3-7-13-20)29(28,22-16-10-5-11-17-22)30(33-23)25(34)31-27(36)32-26(30)35/h3-17,19,23-24,33H,18H2,1-2H3,(H2,31,32,34,35,36)/t23-,24-,28-,29+/m1/s1. The van der Waals surface area contributed by atoms with Gasteiger partial charge < -0.3 is 0 Å². The zero-order valence-electron chi connectivity index (χ0n) is 20.3. The predicted molar refractivity (Wildman–Crippen MR) is 136 cm³/mol. The highest BCUT2D eigenvalue weighted by atomic mass is 16.2. The van der Waals surface area contributed by atoms with Crippen LogP contribution in [0.1, 0.15) is 42.9 Å². The normalized spacial score (nSPS) is 30.1. The first-order chi connectivity index (χ1) is 17.4. The Labute approximate surface area is 210 Å². The van der Waals surface area contributed by atoms with Crippen LogP contribution < -0.4 is 16.0 Å². The van der Waals surface area contributed by atoms with Gasteiger partial charge in [-0.25, -0.2) is 4.79 Å². The second-order valence-corrected chi connectivity index (χ2v) is 10.6. The number of carbonyl (C=O) groups excluding carboxylic acids is 3. The SMILES string of the molecule is CC(C)C[C@H]1NC2(C(=O)NC(=O)NC2=O)[C@@]2(c3ccccc3)[C@H](c3ccccc3)[C@@]12c1ccccc1. The Bertz CT molecular complexity index is 1320. The summed E-state index contributed by atoms with van der Waals surface area (Å²) >= 11 is 0. The Kier molecular flexibility index (Phi) is 4.96. The molecule has 3 N–H and O–H groups in total. The van der Waals surface area contributed by atoms with Crippen LogP contribution in [0.2, 0.25) is 0 Å². The maximum atomic E-state index is 14.0. The van der Waals surface area contributed by atoms with Gasteiger partial charge in [0.2, 0.25) is 0 Å². The van der Waals surface area contributed by atoms with Crippen LogP contribution in [0.25, 0.3) is 0 Å². The number of imide groups is 2. The smallest absolute Gasteiger partial charge is 0.291 e. The molecule has 4 atom stereocenters. The number of barbiturate groups is 1. The van der Waals surface area contributed by atoms with Crippen molar-refractivity contribution >= 4 is 17.8 Å². The molecule has 3 aromatic rings. The van der Waals surface area contributed by atoms with E-state index in [2.05, 4.69) is 54.1 Å². The third kappa shape index (κ3) is 2.62. The lowest BCUT2D eigenvalue weighted by atomic mass is 9.69. The molecule has 4 amide bonds. The summed E-state index contributed by atoms with van der Waals surface area (Å²) < 4.78 is 0. The first-order valence-electron chi connectivity index (χ1n) is 12.5. The Morgan fingerprint density at radius 3 is 1.75 bits per heavy atom. The zero-order chi connectivity index (χ0) is 25.1. The first kappa shape index (κ1) is 22.7. The summed E-state index contributed by atoms with van der Waals surface area (Å²) in [6, 6.07) is 29.3. The molecule has 3 fully saturated rings. The van der Waals surface area contributed by atoms with Crippen LogP contribution in [-0.4, -0.2) is 29.4 Å². The molecule has 182 valence electrons. The van der Waals surface area contributed by atoms with Gasteiger partial charge in [-0.2, -0.15) is 0 Å². The molecule has 3 aliphatic rings. The molecule has 2 heterocycles. The van der Waals surface area contributed by atoms with E-state index in [0.29, 0.717) is 5.92 Å². The van der Waals surface area contributed by atoms with Crippen LogP contribution in [0.15, 0.2) is 91.0 Å². The Hall–Kier alpha value is -3.77. The lowest BCUT2D eigenvalue weighted by Gasteiger charge is -2.40. The number of piperidine rings is 1. The molecule has 1 spiro atoms. The molecule has 0 aromatic heterocycles. The number of benzene rings is 3. The molecule has 6 heteroatoms. The fourth-order valence-corrected chi connectivity index (χ4v) is 7.51. The summed E-state index contributed by atoms with van der Waals surface area (Å²) in [7, 11) is 0. The number of rotatable bonds is 5. The molecule has 2 aliphatic heterocycles. The minimum absolute atomic E-state index is 0.175. The van der Waals surface area contributed by atoms with E-state index in [-0.39, 0.29) is 12.0 Å². The van der Waals surface area contributed by atoms with Crippen molar-refractivity contribution in [3.05, 3.63) is 108 Å². The highest BCUT2D eigenvalue weighted by Gasteiger charge is 2.94. The topological polar surface area (TPSA) is 87.3 Å². The molecule has 6 nitrogen and oxygen atoms in total. The van der Waals surface area contributed by atoms with E-state index in [1.807, 2.05) is 66.7 Å². The number of carbonyl (C=O) groups is 3. The fourth-order valence-electron chi connectivity index (χ4n) is 7.51. The third-order valence-electron chi connectivity index (χ3n) is 8.45. The molecule has 6 rings (SSSR count). The molecule has 36 heavy (non-hydrogen) atoms. The molecular weight excluding hydrogens is 450 g/mol. The Morgan fingerprint density at radius 1 is 0.722 bits per heavy atom. The molecule has 0 unspecified atom stereocenters. The van der Waals surface area contributed by atoms with Gasteiger partial charge in [-0.05, 0) is 29.0 Å². The fraction of sp³-hybridized carbons (Fsp3) is 0.300. The number of nitrogens with one attached hydrogen (secondary N) is 3. The Morgan fingerprint density at radius 2 is 1.22 bits per heavy atom. The number of fused-ring (bicyclic) bond motifs is 2. The second kappa shape index (κ2) is 7.87. The lowest BCUT2D eigenvalue weighted by Crippen LogP contribution is -2.76. The minimum Gasteiger partial charge on any atom is -0.291 e. The number of amides is 4. The maximum absolute atomic E-state index is 14.0. The van der Waals surface area contributed by atoms with Gasteiger partial charge in [0.15, 0.2) is 5.54 Å². The van der Waals surface area contributed by atoms with Gasteiger partial charge in [-0.15, -0.1) is 0 Å². The van der Waals surface area contributed by atoms with Crippen LogP contribution in [0.3, 0.4) is 0 Å². The number of urea groups is 1. The van der Waals surface area contributed by atoms with Crippen LogP contribution in [0, 0.1) is 5.92 Å². The van der Waals surface area contributed by atoms with Gasteiger partial charge in [0.1, 0.15) is 0 Å². The van der Waals surface area contributed by atoms with E-state index < -0.39 is 34.2 Å². The average molecular weight is 480 g/mol. The number of hydrogen-bond donors (Lipinski definition) is 3. The quantitative estimate of drug-likeness (QED) is 0.486. The predicted octanol–water partition coefficient (Wildman–Crippen LogP) is 3.78. The monoisotopic (exact) mass is 479 g/mol. The van der Waals surface area contributed by atoms with Gasteiger partial charge in [0, 0.05) is 17.4 Å². The summed E-state index contributed by atoms with van der Waals surface area (Å²) in [5.41, 5.74) is -0.180. The summed E-state index contributed by atoms with van der Waals surface area (Å²) in [6.45, 7) is 4.31. The van der Waals surface area contributed by atoms with Crippen molar-refractivity contribution < 1.29 is 14.4 Å². The largest absolute Gasteiger partial charge is 0.328 e. The van der Waals surface area contributed by atoms with Crippen LogP contribution in [0.5, 0.6) is 0 Å². The van der Waals surface area contributed by atoms with E-state index in [1.165, 1.54) is 0 Å². The number of hydrogen-bond acceptors (Lipinski definition) is 4. The van der Waals surface area contributed by atoms with Crippen molar-refractivity contribution in [3.63, 3.8) is 0 Å². The van der Waals surface area contributed by atoms with E-state index in [1.54, 1.807) is 0 Å². The van der Waals surface area contributed by atoms with Crippen molar-refractivity contribution in [2.75, 3.05) is 0 Å². The van der Waals surface area contributed by atoms with Crippen molar-refractivity contribution in [2.24, 2.45) is 5.92 Å². The molecule has 1 aliphatic carbocycles. The van der Waals surface area contributed by atoms with E-state index >= 15 is 0 Å². The molecule has 3 aromatic carbocycles. The summed E-state index contributed by atoms with van der Waals surface area (Å²) in [5.74, 6) is -1.05. The van der Waals surface area contributed by atoms with E-state index in [4.69, 9.17) is 0 Å². The van der Waals surface area contributed by atoms with Gasteiger partial charge in [-0.1, -0.05) is 105 Å². The van der Waals surface area contributed by atoms with Gasteiger partial charge >= 0.3 is 6.03 Å². The van der Waals surface area contributed by atoms with E-state index in [9.17, 15) is 14.4 Å².